The van der Waals surface area contributed by atoms with Crippen LogP contribution < -0.4 is 4.90 Å². The molecule has 1 heterocycles. The highest BCUT2D eigenvalue weighted by molar-refractivity contribution is 6.42. The quantitative estimate of drug-likeness (QED) is 0.848. The van der Waals surface area contributed by atoms with Crippen LogP contribution in [0.15, 0.2) is 18.2 Å². The van der Waals surface area contributed by atoms with Crippen molar-refractivity contribution in [3.8, 4) is 0 Å². The third-order valence-corrected chi connectivity index (χ3v) is 4.73. The van der Waals surface area contributed by atoms with Crippen LogP contribution in [-0.4, -0.2) is 24.3 Å². The van der Waals surface area contributed by atoms with E-state index >= 15 is 0 Å². The average Bonchev–Trinajstić information content (AvgIpc) is 2.79. The summed E-state index contributed by atoms with van der Waals surface area (Å²) in [5, 5.41) is 10.8. The molecule has 0 bridgehead atoms. The third kappa shape index (κ3) is 2.14. The SMILES string of the molecule is O[C@@H]1C[C@@H]2CN(c3ccc(Cl)c(Cl)c3)C[C@@H]2C1. The molecule has 0 radical (unpaired) electrons. The van der Waals surface area contributed by atoms with Gasteiger partial charge in [0, 0.05) is 18.8 Å². The minimum Gasteiger partial charge on any atom is -0.393 e. The van der Waals surface area contributed by atoms with Gasteiger partial charge >= 0.3 is 0 Å². The maximum Gasteiger partial charge on any atom is 0.0612 e. The molecule has 1 saturated carbocycles. The van der Waals surface area contributed by atoms with Crippen LogP contribution in [0.2, 0.25) is 10.0 Å². The number of benzene rings is 1. The third-order valence-electron chi connectivity index (χ3n) is 3.99. The predicted molar refractivity (Wildman–Crippen MR) is 70.9 cm³/mol. The monoisotopic (exact) mass is 271 g/mol. The largest absolute Gasteiger partial charge is 0.393 e. The maximum absolute atomic E-state index is 9.62. The zero-order valence-electron chi connectivity index (χ0n) is 9.44. The number of rotatable bonds is 1. The van der Waals surface area contributed by atoms with Crippen LogP contribution in [-0.2, 0) is 0 Å². The molecule has 0 spiro atoms. The van der Waals surface area contributed by atoms with E-state index < -0.39 is 0 Å². The summed E-state index contributed by atoms with van der Waals surface area (Å²) in [6.07, 6.45) is 1.81. The first-order chi connectivity index (χ1) is 8.13. The second kappa shape index (κ2) is 4.34. The van der Waals surface area contributed by atoms with E-state index in [1.807, 2.05) is 18.2 Å². The molecule has 1 aromatic carbocycles. The van der Waals surface area contributed by atoms with Gasteiger partial charge < -0.3 is 10.0 Å². The lowest BCUT2D eigenvalue weighted by atomic mass is 10.0. The van der Waals surface area contributed by atoms with Crippen LogP contribution in [0.4, 0.5) is 5.69 Å². The van der Waals surface area contributed by atoms with Crippen LogP contribution in [0.5, 0.6) is 0 Å². The summed E-state index contributed by atoms with van der Waals surface area (Å²) in [7, 11) is 0. The lowest BCUT2D eigenvalue weighted by molar-refractivity contribution is 0.174. The number of nitrogens with zero attached hydrogens (tertiary/aromatic N) is 1. The Labute approximate surface area is 111 Å². The Kier molecular flexibility index (Phi) is 2.97. The molecule has 0 unspecified atom stereocenters. The van der Waals surface area contributed by atoms with Crippen LogP contribution in [0.1, 0.15) is 12.8 Å². The standard InChI is InChI=1S/C13H15Cl2NO/c14-12-2-1-10(5-13(12)15)16-6-8-3-11(17)4-9(8)7-16/h1-2,5,8-9,11,17H,3-4,6-7H2/t8-,9+,11-. The van der Waals surface area contributed by atoms with E-state index in [1.54, 1.807) is 0 Å². The summed E-state index contributed by atoms with van der Waals surface area (Å²) in [6, 6.07) is 5.80. The molecule has 4 heteroatoms. The van der Waals surface area contributed by atoms with Gasteiger partial charge in [-0.2, -0.15) is 0 Å². The van der Waals surface area contributed by atoms with Gasteiger partial charge in [-0.15, -0.1) is 0 Å². The molecule has 3 rings (SSSR count). The molecule has 1 aromatic rings. The van der Waals surface area contributed by atoms with Crippen molar-refractivity contribution in [3.63, 3.8) is 0 Å². The van der Waals surface area contributed by atoms with Gasteiger partial charge in [0.1, 0.15) is 0 Å². The Morgan fingerprint density at radius 2 is 1.71 bits per heavy atom. The van der Waals surface area contributed by atoms with Gasteiger partial charge in [-0.25, -0.2) is 0 Å². The summed E-state index contributed by atoms with van der Waals surface area (Å²) >= 11 is 12.0. The number of aliphatic hydroxyl groups is 1. The Morgan fingerprint density at radius 1 is 1.06 bits per heavy atom. The minimum absolute atomic E-state index is 0.0824. The number of anilines is 1. The van der Waals surface area contributed by atoms with Crippen molar-refractivity contribution in [3.05, 3.63) is 28.2 Å². The van der Waals surface area contributed by atoms with Crippen molar-refractivity contribution >= 4 is 28.9 Å². The first kappa shape index (κ1) is 11.6. The van der Waals surface area contributed by atoms with Gasteiger partial charge in [0.05, 0.1) is 16.1 Å². The van der Waals surface area contributed by atoms with Gasteiger partial charge in [0.15, 0.2) is 0 Å². The van der Waals surface area contributed by atoms with E-state index in [-0.39, 0.29) is 6.10 Å². The molecule has 2 nitrogen and oxygen atoms in total. The number of fused-ring (bicyclic) bond motifs is 1. The van der Waals surface area contributed by atoms with Crippen molar-refractivity contribution in [2.45, 2.75) is 18.9 Å². The fraction of sp³-hybridized carbons (Fsp3) is 0.538. The molecular weight excluding hydrogens is 257 g/mol. The predicted octanol–water partition coefficient (Wildman–Crippen LogP) is 3.20. The molecule has 1 aliphatic heterocycles. The van der Waals surface area contributed by atoms with E-state index in [2.05, 4.69) is 4.90 Å². The van der Waals surface area contributed by atoms with Gasteiger partial charge in [-0.05, 0) is 42.9 Å². The van der Waals surface area contributed by atoms with Gasteiger partial charge in [-0.1, -0.05) is 23.2 Å². The van der Waals surface area contributed by atoms with Crippen molar-refractivity contribution in [1.29, 1.82) is 0 Å². The van der Waals surface area contributed by atoms with E-state index in [4.69, 9.17) is 23.2 Å². The highest BCUT2D eigenvalue weighted by Gasteiger charge is 2.40. The molecule has 1 saturated heterocycles. The Morgan fingerprint density at radius 3 is 2.29 bits per heavy atom. The number of hydrogen-bond acceptors (Lipinski definition) is 2. The number of hydrogen-bond donors (Lipinski definition) is 1. The average molecular weight is 272 g/mol. The van der Waals surface area contributed by atoms with Crippen LogP contribution >= 0.6 is 23.2 Å². The van der Waals surface area contributed by atoms with Gasteiger partial charge in [0.2, 0.25) is 0 Å². The Hall–Kier alpha value is -0.440. The smallest absolute Gasteiger partial charge is 0.0612 e. The summed E-state index contributed by atoms with van der Waals surface area (Å²) < 4.78 is 0. The Balaban J connectivity index is 1.77. The zero-order valence-corrected chi connectivity index (χ0v) is 11.0. The van der Waals surface area contributed by atoms with E-state index in [1.165, 1.54) is 0 Å². The second-order valence-corrected chi connectivity index (χ2v) is 5.96. The zero-order chi connectivity index (χ0) is 12.0. The van der Waals surface area contributed by atoms with Crippen LogP contribution in [0.25, 0.3) is 0 Å². The Bertz CT molecular complexity index is 423. The fourth-order valence-corrected chi connectivity index (χ4v) is 3.45. The second-order valence-electron chi connectivity index (χ2n) is 5.15. The van der Waals surface area contributed by atoms with Crippen LogP contribution in [0, 0.1) is 11.8 Å². The van der Waals surface area contributed by atoms with Crippen LogP contribution in [0.3, 0.4) is 0 Å². The van der Waals surface area contributed by atoms with Crippen molar-refractivity contribution in [2.24, 2.45) is 11.8 Å². The van der Waals surface area contributed by atoms with Crippen molar-refractivity contribution in [2.75, 3.05) is 18.0 Å². The molecule has 92 valence electrons. The molecule has 1 N–H and O–H groups in total. The lowest BCUT2D eigenvalue weighted by Gasteiger charge is -2.20. The molecule has 0 aromatic heterocycles. The van der Waals surface area contributed by atoms with E-state index in [0.29, 0.717) is 21.9 Å². The minimum atomic E-state index is -0.0824. The summed E-state index contributed by atoms with van der Waals surface area (Å²) in [6.45, 7) is 2.05. The number of halogens is 2. The summed E-state index contributed by atoms with van der Waals surface area (Å²) in [5.41, 5.74) is 1.14. The maximum atomic E-state index is 9.62. The molecular formula is C13H15Cl2NO. The first-order valence-corrected chi connectivity index (χ1v) is 6.77. The normalized spacial score (nSPS) is 31.9. The highest BCUT2D eigenvalue weighted by Crippen LogP contribution is 2.40. The molecule has 1 aliphatic carbocycles. The molecule has 3 atom stereocenters. The number of aliphatic hydroxyl groups excluding tert-OH is 1. The summed E-state index contributed by atoms with van der Waals surface area (Å²) in [4.78, 5) is 2.35. The van der Waals surface area contributed by atoms with Crippen molar-refractivity contribution in [1.82, 2.24) is 0 Å². The highest BCUT2D eigenvalue weighted by atomic mass is 35.5. The molecule has 2 aliphatic rings. The summed E-state index contributed by atoms with van der Waals surface area (Å²) in [5.74, 6) is 1.28. The first-order valence-electron chi connectivity index (χ1n) is 6.01. The molecule has 2 fully saturated rings. The van der Waals surface area contributed by atoms with E-state index in [0.717, 1.165) is 31.6 Å². The molecule has 0 amide bonds. The van der Waals surface area contributed by atoms with E-state index in [9.17, 15) is 5.11 Å². The van der Waals surface area contributed by atoms with Gasteiger partial charge in [0.25, 0.3) is 0 Å². The topological polar surface area (TPSA) is 23.5 Å². The lowest BCUT2D eigenvalue weighted by Crippen LogP contribution is -2.22. The van der Waals surface area contributed by atoms with Gasteiger partial charge in [-0.3, -0.25) is 0 Å². The fourth-order valence-electron chi connectivity index (χ4n) is 3.16. The molecule has 17 heavy (non-hydrogen) atoms. The van der Waals surface area contributed by atoms with Crippen molar-refractivity contribution < 1.29 is 5.11 Å².